The molecule has 0 aliphatic carbocycles. The average Bonchev–Trinajstić information content (AvgIpc) is 3.94. The second kappa shape index (κ2) is 19.9. The second-order valence-electron chi connectivity index (χ2n) is 21.1. The summed E-state index contributed by atoms with van der Waals surface area (Å²) in [5.41, 5.74) is 16.6. The molecule has 0 unspecified atom stereocenters. The Hall–Kier alpha value is -7.33. The number of benzene rings is 8. The molecule has 0 radical (unpaired) electrons. The molecule has 0 spiro atoms. The van der Waals surface area contributed by atoms with E-state index >= 15 is 0 Å². The summed E-state index contributed by atoms with van der Waals surface area (Å²) in [4.78, 5) is 4.98. The van der Waals surface area contributed by atoms with E-state index in [0.29, 0.717) is 17.4 Å². The Kier molecular flexibility index (Phi) is 13.5. The number of pyridine rings is 1. The van der Waals surface area contributed by atoms with Gasteiger partial charge in [0.05, 0.1) is 16.7 Å². The zero-order chi connectivity index (χ0) is 49.7. The van der Waals surface area contributed by atoms with E-state index in [1.807, 2.05) is 24.4 Å². The van der Waals surface area contributed by atoms with Crippen molar-refractivity contribution in [3.05, 3.63) is 223 Å². The third-order valence-electron chi connectivity index (χ3n) is 14.3. The van der Waals surface area contributed by atoms with E-state index in [1.54, 1.807) is 0 Å². The number of aromatic nitrogens is 4. The van der Waals surface area contributed by atoms with Crippen molar-refractivity contribution < 1.29 is 30.4 Å². The molecule has 3 aromatic heterocycles. The van der Waals surface area contributed by atoms with Crippen LogP contribution in [0.15, 0.2) is 188 Å². The van der Waals surface area contributed by atoms with Gasteiger partial charge in [-0.3, -0.25) is 4.57 Å². The van der Waals surface area contributed by atoms with Gasteiger partial charge in [-0.15, -0.1) is 29.7 Å². The molecule has 11 aromatic rings. The predicted octanol–water partition coefficient (Wildman–Crippen LogP) is 17.1. The minimum absolute atomic E-state index is 0. The summed E-state index contributed by atoms with van der Waals surface area (Å²) >= 11 is 0. The van der Waals surface area contributed by atoms with Crippen LogP contribution in [0.2, 0.25) is 0 Å². The maximum absolute atomic E-state index is 6.78. The topological polar surface area (TPSA) is 35.9 Å². The van der Waals surface area contributed by atoms with Gasteiger partial charge < -0.3 is 13.9 Å². The van der Waals surface area contributed by atoms with Crippen LogP contribution in [0.25, 0.3) is 83.4 Å². The summed E-state index contributed by atoms with van der Waals surface area (Å²) in [6.07, 6.45) is 7.93. The molecular formula is C67H60N4OPt-2. The number of fused-ring (bicyclic) bond motifs is 4. The zero-order valence-electron chi connectivity index (χ0n) is 42.9. The molecule has 0 saturated heterocycles. The Morgan fingerprint density at radius 1 is 0.548 bits per heavy atom. The number of ether oxygens (including phenoxy) is 1. The molecule has 0 bridgehead atoms. The van der Waals surface area contributed by atoms with Crippen LogP contribution in [0.4, 0.5) is 0 Å². The first kappa shape index (κ1) is 49.3. The summed E-state index contributed by atoms with van der Waals surface area (Å²) in [7, 11) is 0. The molecule has 0 aliphatic rings. The first-order valence-electron chi connectivity index (χ1n) is 25.4. The van der Waals surface area contributed by atoms with Crippen LogP contribution in [0.1, 0.15) is 90.8 Å². The van der Waals surface area contributed by atoms with Gasteiger partial charge >= 0.3 is 0 Å². The summed E-state index contributed by atoms with van der Waals surface area (Å²) in [5.74, 6) is 2.48. The van der Waals surface area contributed by atoms with E-state index in [-0.39, 0.29) is 31.9 Å². The van der Waals surface area contributed by atoms with Crippen molar-refractivity contribution in [3.63, 3.8) is 0 Å². The van der Waals surface area contributed by atoms with Gasteiger partial charge in [0.25, 0.3) is 6.33 Å². The number of nitrogens with zero attached hydrogens (tertiary/aromatic N) is 4. The monoisotopic (exact) mass is 1130 g/mol. The van der Waals surface area contributed by atoms with Gasteiger partial charge in [0.15, 0.2) is 0 Å². The number of hydrogen-bond donors (Lipinski definition) is 0. The molecule has 0 saturated carbocycles. The number of rotatable bonds is 11. The van der Waals surface area contributed by atoms with Gasteiger partial charge in [0.1, 0.15) is 5.82 Å². The van der Waals surface area contributed by atoms with E-state index in [2.05, 4.69) is 251 Å². The maximum atomic E-state index is 6.78. The first-order valence-corrected chi connectivity index (χ1v) is 25.4. The Balaban J connectivity index is 0.00000611. The quantitative estimate of drug-likeness (QED) is 0.0956. The van der Waals surface area contributed by atoms with Crippen LogP contribution in [-0.2, 0) is 31.9 Å². The van der Waals surface area contributed by atoms with Gasteiger partial charge in [-0.1, -0.05) is 194 Å². The molecule has 11 rings (SSSR count). The van der Waals surface area contributed by atoms with Gasteiger partial charge in [0, 0.05) is 44.3 Å². The van der Waals surface area contributed by atoms with E-state index < -0.39 is 0 Å². The molecule has 0 N–H and O–H groups in total. The fraction of sp³-hybridized carbons (Fsp3) is 0.194. The second-order valence-corrected chi connectivity index (χ2v) is 21.1. The molecular weight excluding hydrogens is 1070 g/mol. The zero-order valence-corrected chi connectivity index (χ0v) is 45.2. The van der Waals surface area contributed by atoms with Gasteiger partial charge in [-0.05, 0) is 109 Å². The third kappa shape index (κ3) is 9.48. The van der Waals surface area contributed by atoms with Gasteiger partial charge in [0.2, 0.25) is 0 Å². The summed E-state index contributed by atoms with van der Waals surface area (Å²) in [6, 6.07) is 72.3. The van der Waals surface area contributed by atoms with Gasteiger partial charge in [-0.2, -0.15) is 18.2 Å². The Bertz CT molecular complexity index is 3740. The molecule has 8 aromatic carbocycles. The first-order chi connectivity index (χ1) is 34.9. The fourth-order valence-corrected chi connectivity index (χ4v) is 10.3. The number of hydrogen-bond acceptors (Lipinski definition) is 2. The average molecular weight is 1130 g/mol. The minimum Gasteiger partial charge on any atom is -0.510 e. The molecule has 6 heteroatoms. The van der Waals surface area contributed by atoms with Crippen molar-refractivity contribution in [1.82, 2.24) is 14.1 Å². The van der Waals surface area contributed by atoms with Crippen LogP contribution in [0, 0.1) is 18.5 Å². The van der Waals surface area contributed by atoms with Crippen LogP contribution in [-0.4, -0.2) is 14.1 Å². The summed E-state index contributed by atoms with van der Waals surface area (Å²) in [6.45, 7) is 18.3. The van der Waals surface area contributed by atoms with E-state index in [9.17, 15) is 0 Å². The molecule has 3 heterocycles. The predicted molar refractivity (Wildman–Crippen MR) is 297 cm³/mol. The largest absolute Gasteiger partial charge is 0.510 e. The van der Waals surface area contributed by atoms with Crippen molar-refractivity contribution in [1.29, 1.82) is 0 Å². The third-order valence-corrected chi connectivity index (χ3v) is 14.3. The molecule has 5 nitrogen and oxygen atoms in total. The number of para-hydroxylation sites is 3. The van der Waals surface area contributed by atoms with Crippen molar-refractivity contribution in [2.75, 3.05) is 0 Å². The maximum Gasteiger partial charge on any atom is 0.268 e. The SMILES string of the molecule is CCC(CC)c1ccnc(-n2c3[c-]c(Oc4[c-]c(-n5[c-][n+](-c6c(-c7ccccc7)cccc6-c6cc(C(C)(C)C)cc(C(C)(C)C)c6)c6ccccc65)ccc4)ccc3c3cc(-c4ccccc4)ccc32)c1.[Pt]. The van der Waals surface area contributed by atoms with E-state index in [4.69, 9.17) is 9.72 Å². The van der Waals surface area contributed by atoms with Gasteiger partial charge in [-0.25, -0.2) is 4.98 Å². The van der Waals surface area contributed by atoms with Crippen LogP contribution < -0.4 is 9.30 Å². The van der Waals surface area contributed by atoms with Crippen molar-refractivity contribution >= 4 is 32.8 Å². The van der Waals surface area contributed by atoms with Crippen molar-refractivity contribution in [2.45, 2.75) is 85.0 Å². The molecule has 73 heavy (non-hydrogen) atoms. The van der Waals surface area contributed by atoms with Crippen molar-refractivity contribution in [3.8, 4) is 62.1 Å². The van der Waals surface area contributed by atoms with Crippen molar-refractivity contribution in [2.24, 2.45) is 0 Å². The van der Waals surface area contributed by atoms with Crippen LogP contribution >= 0.6 is 0 Å². The van der Waals surface area contributed by atoms with Crippen LogP contribution in [0.5, 0.6) is 11.5 Å². The Morgan fingerprint density at radius 2 is 1.19 bits per heavy atom. The fourth-order valence-electron chi connectivity index (χ4n) is 10.3. The standard InChI is InChI=1S/C67H60N4O.Pt/c1-9-45(10-2)49-35-36-68-64(40-49)71-60-34-31-48(46-21-13-11-14-22-46)39-59(60)58-33-32-55(43-63(58)71)72-54-26-19-25-53(42-54)69-44-70(62-30-18-17-29-61(62)69)65-56(47-23-15-12-16-24-47)27-20-28-57(65)50-37-51(66(3,4)5)41-52(38-50)67(6,7)8;/h11-41,45H,9-10H2,1-8H3;/q-2;. The van der Waals surface area contributed by atoms with E-state index in [0.717, 1.165) is 85.1 Å². The Morgan fingerprint density at radius 3 is 1.89 bits per heavy atom. The minimum atomic E-state index is -0.0458. The summed E-state index contributed by atoms with van der Waals surface area (Å²) in [5, 5.41) is 2.21. The Labute approximate surface area is 445 Å². The smallest absolute Gasteiger partial charge is 0.268 e. The summed E-state index contributed by atoms with van der Waals surface area (Å²) < 4.78 is 13.4. The molecule has 0 atom stereocenters. The molecule has 0 aliphatic heterocycles. The van der Waals surface area contributed by atoms with E-state index in [1.165, 1.54) is 27.8 Å². The number of imidazole rings is 1. The van der Waals surface area contributed by atoms with Crippen LogP contribution in [0.3, 0.4) is 0 Å². The molecule has 366 valence electrons. The normalized spacial score (nSPS) is 12.0. The molecule has 0 fully saturated rings. The molecule has 0 amide bonds.